The van der Waals surface area contributed by atoms with E-state index in [2.05, 4.69) is 9.62 Å². The van der Waals surface area contributed by atoms with Gasteiger partial charge >= 0.3 is 6.18 Å². The standard InChI is InChI=1S/C26H27F3N2O3S/c27-26(28,29)22-8-11-25(12-9-22)35(32,33)30-23-10-7-20-13-16-31(17-14-21(20)19-23)15-4-18-34-24-5-2-1-3-6-24/h1-3,5-12,19,30H,4,13-18H2. The zero-order chi connectivity index (χ0) is 24.9. The lowest BCUT2D eigenvalue weighted by Crippen LogP contribution is -2.28. The molecule has 35 heavy (non-hydrogen) atoms. The maximum Gasteiger partial charge on any atom is 0.416 e. The molecule has 0 saturated carbocycles. The summed E-state index contributed by atoms with van der Waals surface area (Å²) in [5, 5.41) is 0. The van der Waals surface area contributed by atoms with Crippen LogP contribution >= 0.6 is 0 Å². The molecule has 0 saturated heterocycles. The number of ether oxygens (including phenoxy) is 1. The Balaban J connectivity index is 1.33. The number of hydrogen-bond donors (Lipinski definition) is 1. The Morgan fingerprint density at radius 3 is 2.26 bits per heavy atom. The molecule has 1 aliphatic rings. The van der Waals surface area contributed by atoms with Gasteiger partial charge in [0, 0.05) is 25.3 Å². The number of hydrogen-bond acceptors (Lipinski definition) is 4. The monoisotopic (exact) mass is 504 g/mol. The molecule has 9 heteroatoms. The van der Waals surface area contributed by atoms with E-state index in [1.807, 2.05) is 42.5 Å². The van der Waals surface area contributed by atoms with Crippen LogP contribution in [0.15, 0.2) is 77.7 Å². The fourth-order valence-electron chi connectivity index (χ4n) is 4.09. The van der Waals surface area contributed by atoms with E-state index < -0.39 is 21.8 Å². The number of para-hydroxylation sites is 1. The molecule has 0 aliphatic carbocycles. The first-order valence-electron chi connectivity index (χ1n) is 11.4. The van der Waals surface area contributed by atoms with Crippen molar-refractivity contribution >= 4 is 15.7 Å². The third kappa shape index (κ3) is 6.76. The Labute approximate surface area is 203 Å². The molecule has 0 unspecified atom stereocenters. The number of halogens is 3. The number of sulfonamides is 1. The summed E-state index contributed by atoms with van der Waals surface area (Å²) in [7, 11) is -4.00. The number of rotatable bonds is 8. The van der Waals surface area contributed by atoms with Gasteiger partial charge in [-0.15, -0.1) is 0 Å². The van der Waals surface area contributed by atoms with Crippen molar-refractivity contribution in [2.75, 3.05) is 31.0 Å². The molecule has 0 aromatic heterocycles. The van der Waals surface area contributed by atoms with E-state index in [1.54, 1.807) is 6.07 Å². The van der Waals surface area contributed by atoms with E-state index >= 15 is 0 Å². The van der Waals surface area contributed by atoms with Crippen LogP contribution in [0.2, 0.25) is 0 Å². The first-order chi connectivity index (χ1) is 16.7. The Hall–Kier alpha value is -3.04. The van der Waals surface area contributed by atoms with Gasteiger partial charge < -0.3 is 9.64 Å². The molecule has 5 nitrogen and oxygen atoms in total. The Morgan fingerprint density at radius 1 is 0.886 bits per heavy atom. The SMILES string of the molecule is O=S(=O)(Nc1ccc2c(c1)CCN(CCCOc1ccccc1)CC2)c1ccc(C(F)(F)F)cc1. The van der Waals surface area contributed by atoms with Crippen LogP contribution in [0.3, 0.4) is 0 Å². The predicted molar refractivity (Wildman–Crippen MR) is 129 cm³/mol. The third-order valence-corrected chi connectivity index (χ3v) is 7.37. The first kappa shape index (κ1) is 25.1. The second-order valence-corrected chi connectivity index (χ2v) is 10.2. The molecule has 1 N–H and O–H groups in total. The van der Waals surface area contributed by atoms with E-state index in [9.17, 15) is 21.6 Å². The number of anilines is 1. The number of nitrogens with one attached hydrogen (secondary N) is 1. The summed E-state index contributed by atoms with van der Waals surface area (Å²) >= 11 is 0. The van der Waals surface area contributed by atoms with Crippen LogP contribution in [0.25, 0.3) is 0 Å². The predicted octanol–water partition coefficient (Wildman–Crippen LogP) is 5.38. The van der Waals surface area contributed by atoms with Crippen molar-refractivity contribution in [3.8, 4) is 5.75 Å². The van der Waals surface area contributed by atoms with Crippen LogP contribution in [0.4, 0.5) is 18.9 Å². The highest BCUT2D eigenvalue weighted by Gasteiger charge is 2.30. The van der Waals surface area contributed by atoms with E-state index in [-0.39, 0.29) is 4.90 Å². The lowest BCUT2D eigenvalue weighted by Gasteiger charge is -2.19. The first-order valence-corrected chi connectivity index (χ1v) is 12.9. The molecule has 0 spiro atoms. The smallest absolute Gasteiger partial charge is 0.416 e. The second-order valence-electron chi connectivity index (χ2n) is 8.47. The van der Waals surface area contributed by atoms with Crippen molar-refractivity contribution in [3.05, 3.63) is 89.5 Å². The molecule has 4 rings (SSSR count). The molecule has 1 aliphatic heterocycles. The normalized spacial score (nSPS) is 14.7. The van der Waals surface area contributed by atoms with Gasteiger partial charge in [-0.3, -0.25) is 4.72 Å². The van der Waals surface area contributed by atoms with E-state index in [4.69, 9.17) is 4.74 Å². The highest BCUT2D eigenvalue weighted by Crippen LogP contribution is 2.30. The molecule has 3 aromatic carbocycles. The molecule has 1 heterocycles. The van der Waals surface area contributed by atoms with E-state index in [0.29, 0.717) is 12.3 Å². The largest absolute Gasteiger partial charge is 0.494 e. The molecule has 0 bridgehead atoms. The maximum atomic E-state index is 12.8. The molecule has 0 atom stereocenters. The van der Waals surface area contributed by atoms with Gasteiger partial charge in [-0.25, -0.2) is 8.42 Å². The maximum absolute atomic E-state index is 12.8. The van der Waals surface area contributed by atoms with Crippen molar-refractivity contribution < 1.29 is 26.3 Å². The summed E-state index contributed by atoms with van der Waals surface area (Å²) in [6.45, 7) is 3.32. The van der Waals surface area contributed by atoms with Gasteiger partial charge in [-0.05, 0) is 78.9 Å². The fraction of sp³-hybridized carbons (Fsp3) is 0.308. The molecule has 0 radical (unpaired) electrons. The van der Waals surface area contributed by atoms with Crippen molar-refractivity contribution in [2.24, 2.45) is 0 Å². The number of alkyl halides is 3. The molecule has 186 valence electrons. The van der Waals surface area contributed by atoms with E-state index in [1.165, 1.54) is 5.56 Å². The van der Waals surface area contributed by atoms with Gasteiger partial charge in [0.2, 0.25) is 0 Å². The summed E-state index contributed by atoms with van der Waals surface area (Å²) in [5.41, 5.74) is 1.75. The summed E-state index contributed by atoms with van der Waals surface area (Å²) in [4.78, 5) is 2.16. The molecular weight excluding hydrogens is 477 g/mol. The lowest BCUT2D eigenvalue weighted by molar-refractivity contribution is -0.137. The van der Waals surface area contributed by atoms with Crippen LogP contribution in [-0.2, 0) is 29.0 Å². The number of fused-ring (bicyclic) bond motifs is 1. The molecular formula is C26H27F3N2O3S. The molecule has 0 fully saturated rings. The van der Waals surface area contributed by atoms with Crippen LogP contribution in [0, 0.1) is 0 Å². The van der Waals surface area contributed by atoms with Gasteiger partial charge in [0.25, 0.3) is 10.0 Å². The molecule has 0 amide bonds. The summed E-state index contributed by atoms with van der Waals surface area (Å²) < 4.78 is 71.9. The average Bonchev–Trinajstić information content (AvgIpc) is 3.04. The van der Waals surface area contributed by atoms with E-state index in [0.717, 1.165) is 74.5 Å². The summed E-state index contributed by atoms with van der Waals surface area (Å²) in [6, 6.07) is 18.6. The summed E-state index contributed by atoms with van der Waals surface area (Å²) in [5.74, 6) is 0.863. The Kier molecular flexibility index (Phi) is 7.66. The van der Waals surface area contributed by atoms with Gasteiger partial charge in [-0.1, -0.05) is 24.3 Å². The van der Waals surface area contributed by atoms with Crippen LogP contribution in [-0.4, -0.2) is 39.6 Å². The minimum absolute atomic E-state index is 0.218. The average molecular weight is 505 g/mol. The topological polar surface area (TPSA) is 58.6 Å². The minimum atomic E-state index is -4.52. The highest BCUT2D eigenvalue weighted by atomic mass is 32.2. The van der Waals surface area contributed by atoms with Crippen LogP contribution < -0.4 is 9.46 Å². The fourth-order valence-corrected chi connectivity index (χ4v) is 5.14. The second kappa shape index (κ2) is 10.7. The van der Waals surface area contributed by atoms with Crippen molar-refractivity contribution in [2.45, 2.75) is 30.3 Å². The molecule has 3 aromatic rings. The van der Waals surface area contributed by atoms with Crippen LogP contribution in [0.1, 0.15) is 23.1 Å². The van der Waals surface area contributed by atoms with Crippen LogP contribution in [0.5, 0.6) is 5.75 Å². The van der Waals surface area contributed by atoms with Crippen molar-refractivity contribution in [1.82, 2.24) is 4.90 Å². The number of benzene rings is 3. The minimum Gasteiger partial charge on any atom is -0.494 e. The van der Waals surface area contributed by atoms with Gasteiger partial charge in [0.1, 0.15) is 5.75 Å². The lowest BCUT2D eigenvalue weighted by atomic mass is 10.0. The Bertz CT molecular complexity index is 1230. The third-order valence-electron chi connectivity index (χ3n) is 5.98. The quantitative estimate of drug-likeness (QED) is 0.419. The van der Waals surface area contributed by atoms with Crippen molar-refractivity contribution in [3.63, 3.8) is 0 Å². The van der Waals surface area contributed by atoms with Gasteiger partial charge in [-0.2, -0.15) is 13.2 Å². The van der Waals surface area contributed by atoms with Gasteiger partial charge in [0.15, 0.2) is 0 Å². The van der Waals surface area contributed by atoms with Crippen molar-refractivity contribution in [1.29, 1.82) is 0 Å². The van der Waals surface area contributed by atoms with Gasteiger partial charge in [0.05, 0.1) is 17.1 Å². The number of nitrogens with zero attached hydrogens (tertiary/aromatic N) is 1. The summed E-state index contributed by atoms with van der Waals surface area (Å²) in [6.07, 6.45) is -1.97. The highest BCUT2D eigenvalue weighted by molar-refractivity contribution is 7.92. The zero-order valence-electron chi connectivity index (χ0n) is 19.1. The Morgan fingerprint density at radius 2 is 1.57 bits per heavy atom. The zero-order valence-corrected chi connectivity index (χ0v) is 19.9.